The normalized spacial score (nSPS) is 14.6. The number of aromatic nitrogens is 2. The maximum atomic E-state index is 13.9. The molecule has 33 heavy (non-hydrogen) atoms. The molecule has 8 heteroatoms. The SMILES string of the molecule is Cc1cc(-c2nnc(NCCCN3CCCCCC3)o2)ccc1NC(=O)c1ccccc1F. The van der Waals surface area contributed by atoms with Gasteiger partial charge in [-0.2, -0.15) is 0 Å². The molecule has 0 radical (unpaired) electrons. The zero-order valence-electron chi connectivity index (χ0n) is 18.9. The molecule has 0 saturated carbocycles. The minimum Gasteiger partial charge on any atom is -0.403 e. The fourth-order valence-electron chi connectivity index (χ4n) is 4.04. The predicted molar refractivity (Wildman–Crippen MR) is 127 cm³/mol. The molecule has 1 fully saturated rings. The molecule has 174 valence electrons. The number of aryl methyl sites for hydroxylation is 1. The van der Waals surface area contributed by atoms with Gasteiger partial charge in [0.15, 0.2) is 0 Å². The molecule has 1 aliphatic rings. The fraction of sp³-hybridized carbons (Fsp3) is 0.400. The number of carbonyl (C=O) groups is 1. The summed E-state index contributed by atoms with van der Waals surface area (Å²) in [5.41, 5.74) is 2.16. The first-order chi connectivity index (χ1) is 16.1. The average molecular weight is 452 g/mol. The van der Waals surface area contributed by atoms with Crippen LogP contribution in [0, 0.1) is 12.7 Å². The minimum absolute atomic E-state index is 0.00411. The lowest BCUT2D eigenvalue weighted by molar-refractivity contribution is 0.102. The summed E-state index contributed by atoms with van der Waals surface area (Å²) in [4.78, 5) is 14.9. The number of hydrogen-bond donors (Lipinski definition) is 2. The molecular weight excluding hydrogens is 421 g/mol. The Hall–Kier alpha value is -3.26. The number of anilines is 2. The molecule has 1 saturated heterocycles. The summed E-state index contributed by atoms with van der Waals surface area (Å²) >= 11 is 0. The summed E-state index contributed by atoms with van der Waals surface area (Å²) in [6, 6.07) is 11.7. The van der Waals surface area contributed by atoms with E-state index in [-0.39, 0.29) is 5.56 Å². The van der Waals surface area contributed by atoms with Crippen LogP contribution in [0.25, 0.3) is 11.5 Å². The fourth-order valence-corrected chi connectivity index (χ4v) is 4.04. The second-order valence-corrected chi connectivity index (χ2v) is 8.41. The van der Waals surface area contributed by atoms with Gasteiger partial charge in [0.05, 0.1) is 5.56 Å². The molecule has 1 aliphatic heterocycles. The first-order valence-corrected chi connectivity index (χ1v) is 11.6. The number of rotatable bonds is 8. The number of hydrogen-bond acceptors (Lipinski definition) is 6. The van der Waals surface area contributed by atoms with Crippen LogP contribution in [0.15, 0.2) is 46.9 Å². The molecule has 2 heterocycles. The van der Waals surface area contributed by atoms with Crippen molar-refractivity contribution in [2.75, 3.05) is 36.8 Å². The third-order valence-electron chi connectivity index (χ3n) is 5.89. The van der Waals surface area contributed by atoms with Crippen LogP contribution in [-0.4, -0.2) is 47.2 Å². The maximum Gasteiger partial charge on any atom is 0.315 e. The molecule has 0 atom stereocenters. The van der Waals surface area contributed by atoms with E-state index in [1.54, 1.807) is 24.3 Å². The van der Waals surface area contributed by atoms with Gasteiger partial charge < -0.3 is 20.0 Å². The number of halogens is 1. The van der Waals surface area contributed by atoms with Gasteiger partial charge in [0.2, 0.25) is 5.89 Å². The van der Waals surface area contributed by atoms with Gasteiger partial charge in [-0.1, -0.05) is 30.1 Å². The highest BCUT2D eigenvalue weighted by Gasteiger charge is 2.14. The van der Waals surface area contributed by atoms with Crippen LogP contribution in [0.2, 0.25) is 0 Å². The van der Waals surface area contributed by atoms with Crippen molar-refractivity contribution in [1.29, 1.82) is 0 Å². The van der Waals surface area contributed by atoms with Crippen LogP contribution in [-0.2, 0) is 0 Å². The van der Waals surface area contributed by atoms with Gasteiger partial charge in [-0.15, -0.1) is 5.10 Å². The summed E-state index contributed by atoms with van der Waals surface area (Å²) in [6.07, 6.45) is 6.31. The van der Waals surface area contributed by atoms with E-state index in [2.05, 4.69) is 25.7 Å². The quantitative estimate of drug-likeness (QED) is 0.463. The smallest absolute Gasteiger partial charge is 0.315 e. The molecule has 2 aromatic carbocycles. The number of likely N-dealkylation sites (tertiary alicyclic amines) is 1. The van der Waals surface area contributed by atoms with E-state index in [0.717, 1.165) is 30.6 Å². The molecule has 0 spiro atoms. The summed E-state index contributed by atoms with van der Waals surface area (Å²) < 4.78 is 19.6. The molecule has 0 aliphatic carbocycles. The molecule has 0 bridgehead atoms. The Labute approximate surface area is 193 Å². The van der Waals surface area contributed by atoms with Crippen molar-refractivity contribution >= 4 is 17.6 Å². The largest absolute Gasteiger partial charge is 0.403 e. The van der Waals surface area contributed by atoms with Crippen LogP contribution in [0.3, 0.4) is 0 Å². The number of carbonyl (C=O) groups excluding carboxylic acids is 1. The van der Waals surface area contributed by atoms with Gasteiger partial charge in [0.1, 0.15) is 5.82 Å². The third-order valence-corrected chi connectivity index (χ3v) is 5.89. The van der Waals surface area contributed by atoms with Crippen LogP contribution >= 0.6 is 0 Å². The van der Waals surface area contributed by atoms with Gasteiger partial charge in [0.25, 0.3) is 5.91 Å². The lowest BCUT2D eigenvalue weighted by Crippen LogP contribution is -2.27. The van der Waals surface area contributed by atoms with Crippen molar-refractivity contribution in [3.8, 4) is 11.5 Å². The van der Waals surface area contributed by atoms with Gasteiger partial charge in [-0.3, -0.25) is 4.79 Å². The summed E-state index contributed by atoms with van der Waals surface area (Å²) in [5.74, 6) is -0.643. The first-order valence-electron chi connectivity index (χ1n) is 11.6. The van der Waals surface area contributed by atoms with E-state index < -0.39 is 11.7 Å². The lowest BCUT2D eigenvalue weighted by atomic mass is 10.1. The van der Waals surface area contributed by atoms with E-state index in [1.807, 2.05) is 13.0 Å². The highest BCUT2D eigenvalue weighted by atomic mass is 19.1. The number of nitrogens with one attached hydrogen (secondary N) is 2. The second-order valence-electron chi connectivity index (χ2n) is 8.41. The Morgan fingerprint density at radius 1 is 1.09 bits per heavy atom. The maximum absolute atomic E-state index is 13.9. The van der Waals surface area contributed by atoms with E-state index in [4.69, 9.17) is 4.42 Å². The Bertz CT molecular complexity index is 1080. The predicted octanol–water partition coefficient (Wildman–Crippen LogP) is 5.11. The Balaban J connectivity index is 1.31. The second kappa shape index (κ2) is 11.0. The Morgan fingerprint density at radius 2 is 1.88 bits per heavy atom. The van der Waals surface area contributed by atoms with Crippen molar-refractivity contribution in [3.05, 3.63) is 59.4 Å². The van der Waals surface area contributed by atoms with E-state index in [9.17, 15) is 9.18 Å². The topological polar surface area (TPSA) is 83.3 Å². The molecule has 3 aromatic rings. The summed E-state index contributed by atoms with van der Waals surface area (Å²) in [6.45, 7) is 6.10. The van der Waals surface area contributed by atoms with Gasteiger partial charge in [-0.05, 0) is 81.7 Å². The average Bonchev–Trinajstić information content (AvgIpc) is 3.13. The van der Waals surface area contributed by atoms with Crippen molar-refractivity contribution in [2.24, 2.45) is 0 Å². The van der Waals surface area contributed by atoms with Crippen LogP contribution in [0.4, 0.5) is 16.1 Å². The number of amides is 1. The van der Waals surface area contributed by atoms with Gasteiger partial charge in [0, 0.05) is 17.8 Å². The van der Waals surface area contributed by atoms with Crippen LogP contribution in [0.5, 0.6) is 0 Å². The van der Waals surface area contributed by atoms with Crippen molar-refractivity contribution < 1.29 is 13.6 Å². The van der Waals surface area contributed by atoms with Crippen LogP contribution in [0.1, 0.15) is 48.0 Å². The number of nitrogens with zero attached hydrogens (tertiary/aromatic N) is 3. The molecular formula is C25H30FN5O2. The van der Waals surface area contributed by atoms with E-state index in [0.29, 0.717) is 17.6 Å². The third kappa shape index (κ3) is 6.16. The lowest BCUT2D eigenvalue weighted by Gasteiger charge is -2.19. The first kappa shape index (κ1) is 22.9. The Morgan fingerprint density at radius 3 is 2.64 bits per heavy atom. The highest BCUT2D eigenvalue weighted by Crippen LogP contribution is 2.25. The van der Waals surface area contributed by atoms with Crippen molar-refractivity contribution in [3.63, 3.8) is 0 Å². The van der Waals surface area contributed by atoms with Crippen molar-refractivity contribution in [2.45, 2.75) is 39.0 Å². The molecule has 0 unspecified atom stereocenters. The molecule has 4 rings (SSSR count). The molecule has 2 N–H and O–H groups in total. The van der Waals surface area contributed by atoms with Crippen molar-refractivity contribution in [1.82, 2.24) is 15.1 Å². The summed E-state index contributed by atoms with van der Waals surface area (Å²) in [5, 5.41) is 14.2. The minimum atomic E-state index is -0.554. The zero-order valence-corrected chi connectivity index (χ0v) is 18.9. The molecule has 1 aromatic heterocycles. The summed E-state index contributed by atoms with van der Waals surface area (Å²) in [7, 11) is 0. The van der Waals surface area contributed by atoms with Gasteiger partial charge in [-0.25, -0.2) is 4.39 Å². The monoisotopic (exact) mass is 451 g/mol. The molecule has 7 nitrogen and oxygen atoms in total. The standard InChI is InChI=1S/C25H30FN5O2/c1-18-17-19(11-12-22(18)28-23(32)20-9-4-5-10-21(20)26)24-29-30-25(33-24)27-13-8-16-31-14-6-2-3-7-15-31/h4-5,9-12,17H,2-3,6-8,13-16H2,1H3,(H,27,30)(H,28,32). The highest BCUT2D eigenvalue weighted by molar-refractivity contribution is 6.04. The number of benzene rings is 2. The van der Waals surface area contributed by atoms with Gasteiger partial charge >= 0.3 is 6.01 Å². The van der Waals surface area contributed by atoms with E-state index in [1.165, 1.54) is 50.9 Å². The van der Waals surface area contributed by atoms with E-state index >= 15 is 0 Å². The molecule has 1 amide bonds. The Kier molecular flexibility index (Phi) is 7.67. The van der Waals surface area contributed by atoms with Crippen LogP contribution < -0.4 is 10.6 Å². The zero-order chi connectivity index (χ0) is 23.0.